The quantitative estimate of drug-likeness (QED) is 0.857. The zero-order valence-electron chi connectivity index (χ0n) is 16.8. The van der Waals surface area contributed by atoms with Crippen LogP contribution in [-0.4, -0.2) is 72.9 Å². The Bertz CT molecular complexity index is 691. The van der Waals surface area contributed by atoms with Crippen molar-refractivity contribution in [3.05, 3.63) is 29.8 Å². The number of likely N-dealkylation sites (tertiary alicyclic amines) is 1. The number of nitrogens with zero attached hydrogens (tertiary/aromatic N) is 2. The van der Waals surface area contributed by atoms with Crippen molar-refractivity contribution < 1.29 is 19.4 Å². The van der Waals surface area contributed by atoms with Crippen molar-refractivity contribution in [2.75, 3.05) is 46.5 Å². The van der Waals surface area contributed by atoms with E-state index in [4.69, 9.17) is 9.47 Å². The van der Waals surface area contributed by atoms with Crippen molar-refractivity contribution in [2.24, 2.45) is 5.92 Å². The van der Waals surface area contributed by atoms with E-state index in [1.807, 2.05) is 23.1 Å². The van der Waals surface area contributed by atoms with Gasteiger partial charge in [0.2, 0.25) is 5.91 Å². The fraction of sp³-hybridized carbons (Fsp3) is 0.682. The van der Waals surface area contributed by atoms with Crippen LogP contribution in [-0.2, 0) is 9.53 Å². The number of amides is 1. The number of carbonyl (C=O) groups excluding carboxylic acids is 1. The third-order valence-electron chi connectivity index (χ3n) is 6.83. The Hall–Kier alpha value is -1.63. The van der Waals surface area contributed by atoms with Crippen molar-refractivity contribution in [3.8, 4) is 5.75 Å². The van der Waals surface area contributed by atoms with Gasteiger partial charge < -0.3 is 19.5 Å². The summed E-state index contributed by atoms with van der Waals surface area (Å²) in [5.74, 6) is 1.12. The fourth-order valence-corrected chi connectivity index (χ4v) is 5.33. The van der Waals surface area contributed by atoms with E-state index in [1.165, 1.54) is 0 Å². The molecule has 4 rings (SSSR count). The lowest BCUT2D eigenvalue weighted by Gasteiger charge is -2.53. The maximum atomic E-state index is 13.0. The Morgan fingerprint density at radius 1 is 1.21 bits per heavy atom. The predicted molar refractivity (Wildman–Crippen MR) is 106 cm³/mol. The van der Waals surface area contributed by atoms with Gasteiger partial charge in [0.15, 0.2) is 0 Å². The number of hydrogen-bond donors (Lipinski definition) is 1. The van der Waals surface area contributed by atoms with Crippen molar-refractivity contribution in [2.45, 2.75) is 43.7 Å². The minimum atomic E-state index is -0.637. The highest BCUT2D eigenvalue weighted by molar-refractivity contribution is 5.78. The summed E-state index contributed by atoms with van der Waals surface area (Å²) in [6.07, 6.45) is 4.79. The number of carbonyl (C=O) groups is 1. The van der Waals surface area contributed by atoms with E-state index in [9.17, 15) is 9.90 Å². The molecule has 28 heavy (non-hydrogen) atoms. The molecule has 2 aliphatic heterocycles. The second kappa shape index (κ2) is 8.39. The van der Waals surface area contributed by atoms with Crippen molar-refractivity contribution in [1.29, 1.82) is 0 Å². The number of hydrogen-bond acceptors (Lipinski definition) is 5. The number of aliphatic hydroxyl groups is 1. The molecule has 1 saturated carbocycles. The molecule has 1 aromatic rings. The summed E-state index contributed by atoms with van der Waals surface area (Å²) < 4.78 is 11.0. The van der Waals surface area contributed by atoms with Gasteiger partial charge >= 0.3 is 0 Å². The van der Waals surface area contributed by atoms with Gasteiger partial charge in [0.05, 0.1) is 32.5 Å². The number of para-hydroxylation sites is 1. The van der Waals surface area contributed by atoms with Crippen molar-refractivity contribution >= 4 is 5.91 Å². The number of rotatable bonds is 4. The summed E-state index contributed by atoms with van der Waals surface area (Å²) in [6.45, 7) is 3.67. The van der Waals surface area contributed by atoms with E-state index in [0.29, 0.717) is 32.8 Å². The molecule has 1 aromatic carbocycles. The van der Waals surface area contributed by atoms with Gasteiger partial charge in [-0.2, -0.15) is 0 Å². The van der Waals surface area contributed by atoms with Gasteiger partial charge in [-0.25, -0.2) is 0 Å². The SMILES string of the molecule is COc1ccccc1[C@H]1[C@@H]2CCCC[C@]2(O)CCN1CC(=O)N1CCOCC1. The average molecular weight is 389 g/mol. The number of piperidine rings is 1. The van der Waals surface area contributed by atoms with Crippen molar-refractivity contribution in [1.82, 2.24) is 9.80 Å². The summed E-state index contributed by atoms with van der Waals surface area (Å²) in [4.78, 5) is 17.2. The summed E-state index contributed by atoms with van der Waals surface area (Å²) in [7, 11) is 1.69. The zero-order chi connectivity index (χ0) is 19.6. The molecule has 0 unspecified atom stereocenters. The van der Waals surface area contributed by atoms with E-state index in [2.05, 4.69) is 11.0 Å². The molecule has 2 saturated heterocycles. The third-order valence-corrected chi connectivity index (χ3v) is 6.83. The lowest BCUT2D eigenvalue weighted by molar-refractivity contribution is -0.147. The minimum Gasteiger partial charge on any atom is -0.496 e. The first-order valence-electron chi connectivity index (χ1n) is 10.6. The molecule has 6 nitrogen and oxygen atoms in total. The third kappa shape index (κ3) is 3.78. The molecule has 0 aromatic heterocycles. The second-order valence-electron chi connectivity index (χ2n) is 8.36. The van der Waals surface area contributed by atoms with Gasteiger partial charge in [-0.1, -0.05) is 31.0 Å². The van der Waals surface area contributed by atoms with Crippen LogP contribution in [0.15, 0.2) is 24.3 Å². The Labute approximate surface area is 167 Å². The molecule has 6 heteroatoms. The van der Waals surface area contributed by atoms with Crippen LogP contribution in [0.2, 0.25) is 0 Å². The van der Waals surface area contributed by atoms with Crippen LogP contribution < -0.4 is 4.74 Å². The minimum absolute atomic E-state index is 0.000176. The summed E-state index contributed by atoms with van der Waals surface area (Å²) in [5.41, 5.74) is 0.451. The highest BCUT2D eigenvalue weighted by atomic mass is 16.5. The van der Waals surface area contributed by atoms with E-state index in [0.717, 1.165) is 50.0 Å². The maximum Gasteiger partial charge on any atom is 0.236 e. The monoisotopic (exact) mass is 388 g/mol. The number of fused-ring (bicyclic) bond motifs is 1. The van der Waals surface area contributed by atoms with Crippen LogP contribution in [0.25, 0.3) is 0 Å². The standard InChI is InChI=1S/C22H32N2O4/c1-27-19-8-3-2-6-17(19)21-18-7-4-5-9-22(18,26)10-11-24(21)16-20(25)23-12-14-28-15-13-23/h2-3,6,8,18,21,26H,4-5,7,9-16H2,1H3/t18-,21-,22-/m0/s1. The molecular weight excluding hydrogens is 356 g/mol. The zero-order valence-corrected chi connectivity index (χ0v) is 16.8. The maximum absolute atomic E-state index is 13.0. The highest BCUT2D eigenvalue weighted by Gasteiger charge is 2.50. The number of ether oxygens (including phenoxy) is 2. The molecule has 0 bridgehead atoms. The van der Waals surface area contributed by atoms with E-state index < -0.39 is 5.60 Å². The first kappa shape index (κ1) is 19.7. The molecule has 1 aliphatic carbocycles. The molecule has 0 spiro atoms. The van der Waals surface area contributed by atoms with E-state index >= 15 is 0 Å². The van der Waals surface area contributed by atoms with Gasteiger partial charge in [-0.05, 0) is 25.3 Å². The first-order chi connectivity index (χ1) is 13.6. The number of benzene rings is 1. The largest absolute Gasteiger partial charge is 0.496 e. The molecule has 0 radical (unpaired) electrons. The highest BCUT2D eigenvalue weighted by Crippen LogP contribution is 2.50. The Kier molecular flexibility index (Phi) is 5.90. The van der Waals surface area contributed by atoms with Crippen LogP contribution in [0.4, 0.5) is 0 Å². The summed E-state index contributed by atoms with van der Waals surface area (Å²) in [6, 6.07) is 8.07. The number of methoxy groups -OCH3 is 1. The van der Waals surface area contributed by atoms with Gasteiger partial charge in [0.1, 0.15) is 5.75 Å². The predicted octanol–water partition coefficient (Wildman–Crippen LogP) is 2.22. The molecule has 3 atom stereocenters. The van der Waals surface area contributed by atoms with E-state index in [-0.39, 0.29) is 17.9 Å². The van der Waals surface area contributed by atoms with Crippen LogP contribution in [0.1, 0.15) is 43.7 Å². The summed E-state index contributed by atoms with van der Waals surface area (Å²) in [5, 5.41) is 11.4. The number of morpholine rings is 1. The molecule has 3 fully saturated rings. The fourth-order valence-electron chi connectivity index (χ4n) is 5.33. The molecule has 1 amide bonds. The molecule has 3 aliphatic rings. The topological polar surface area (TPSA) is 62.2 Å². The second-order valence-corrected chi connectivity index (χ2v) is 8.36. The Morgan fingerprint density at radius 3 is 2.79 bits per heavy atom. The first-order valence-corrected chi connectivity index (χ1v) is 10.6. The molecular formula is C22H32N2O4. The van der Waals surface area contributed by atoms with Gasteiger partial charge in [0.25, 0.3) is 0 Å². The van der Waals surface area contributed by atoms with Crippen LogP contribution in [0, 0.1) is 5.92 Å². The van der Waals surface area contributed by atoms with Gasteiger partial charge in [0, 0.05) is 37.2 Å². The molecule has 154 valence electrons. The van der Waals surface area contributed by atoms with Crippen LogP contribution >= 0.6 is 0 Å². The normalized spacial score (nSPS) is 31.3. The van der Waals surface area contributed by atoms with Gasteiger partial charge in [-0.3, -0.25) is 9.69 Å². The average Bonchev–Trinajstić information content (AvgIpc) is 2.74. The lowest BCUT2D eigenvalue weighted by Crippen LogP contribution is -2.57. The van der Waals surface area contributed by atoms with Crippen molar-refractivity contribution in [3.63, 3.8) is 0 Å². The Balaban J connectivity index is 1.63. The summed E-state index contributed by atoms with van der Waals surface area (Å²) >= 11 is 0. The van der Waals surface area contributed by atoms with Crippen LogP contribution in [0.5, 0.6) is 5.75 Å². The lowest BCUT2D eigenvalue weighted by atomic mass is 9.66. The van der Waals surface area contributed by atoms with Crippen LogP contribution in [0.3, 0.4) is 0 Å². The van der Waals surface area contributed by atoms with E-state index in [1.54, 1.807) is 7.11 Å². The molecule has 1 N–H and O–H groups in total. The van der Waals surface area contributed by atoms with Gasteiger partial charge in [-0.15, -0.1) is 0 Å². The smallest absolute Gasteiger partial charge is 0.236 e. The Morgan fingerprint density at radius 2 is 2.00 bits per heavy atom. The molecule has 2 heterocycles.